The molecule has 1 aromatic carbocycles. The van der Waals surface area contributed by atoms with Crippen molar-refractivity contribution in [3.05, 3.63) is 41.5 Å². The molecule has 0 aliphatic rings. The van der Waals surface area contributed by atoms with Crippen molar-refractivity contribution >= 4 is 22.0 Å². The van der Waals surface area contributed by atoms with E-state index >= 15 is 0 Å². The summed E-state index contributed by atoms with van der Waals surface area (Å²) in [6.45, 7) is 4.45. The van der Waals surface area contributed by atoms with E-state index in [2.05, 4.69) is 66.2 Å². The highest BCUT2D eigenvalue weighted by atomic mass is 79.9. The summed E-state index contributed by atoms with van der Waals surface area (Å²) in [5.41, 5.74) is 2.71. The molecule has 0 saturated heterocycles. The molecule has 76 valence electrons. The summed E-state index contributed by atoms with van der Waals surface area (Å²) in [4.78, 5) is 0. The van der Waals surface area contributed by atoms with Crippen molar-refractivity contribution in [2.24, 2.45) is 0 Å². The Labute approximate surface area is 95.2 Å². The van der Waals surface area contributed by atoms with Crippen LogP contribution in [-0.4, -0.2) is 5.33 Å². The minimum Gasteiger partial charge on any atom is -0.0925 e. The second-order valence-corrected chi connectivity index (χ2v) is 4.50. The van der Waals surface area contributed by atoms with Crippen LogP contribution in [0.25, 0.3) is 6.08 Å². The quantitative estimate of drug-likeness (QED) is 0.687. The standard InChI is InChI=1S/C13H17Br/c1-11(2)13-8-5-7-12(10-13)6-3-4-9-14/h3,5-8,10-11H,4,9H2,1-2H3. The molecule has 0 unspecified atom stereocenters. The Hall–Kier alpha value is -0.560. The van der Waals surface area contributed by atoms with Gasteiger partial charge in [0.2, 0.25) is 0 Å². The monoisotopic (exact) mass is 252 g/mol. The van der Waals surface area contributed by atoms with Gasteiger partial charge < -0.3 is 0 Å². The fourth-order valence-electron chi connectivity index (χ4n) is 1.30. The van der Waals surface area contributed by atoms with E-state index in [1.807, 2.05) is 0 Å². The molecule has 0 aliphatic heterocycles. The second kappa shape index (κ2) is 6.02. The summed E-state index contributed by atoms with van der Waals surface area (Å²) >= 11 is 3.41. The van der Waals surface area contributed by atoms with Crippen LogP contribution in [0.2, 0.25) is 0 Å². The summed E-state index contributed by atoms with van der Waals surface area (Å²) in [6, 6.07) is 8.72. The first-order valence-corrected chi connectivity index (χ1v) is 6.18. The zero-order valence-electron chi connectivity index (χ0n) is 8.83. The van der Waals surface area contributed by atoms with Crippen molar-refractivity contribution in [3.63, 3.8) is 0 Å². The smallest absolute Gasteiger partial charge is 0.00660 e. The van der Waals surface area contributed by atoms with Gasteiger partial charge in [-0.3, -0.25) is 0 Å². The molecule has 0 aliphatic carbocycles. The predicted molar refractivity (Wildman–Crippen MR) is 68.0 cm³/mol. The molecule has 0 N–H and O–H groups in total. The first-order valence-electron chi connectivity index (χ1n) is 5.06. The third-order valence-corrected chi connectivity index (χ3v) is 2.62. The van der Waals surface area contributed by atoms with Gasteiger partial charge in [-0.05, 0) is 23.5 Å². The van der Waals surface area contributed by atoms with Crippen LogP contribution in [0, 0.1) is 0 Å². The van der Waals surface area contributed by atoms with E-state index in [-0.39, 0.29) is 0 Å². The SMILES string of the molecule is CC(C)c1cccc(C=CCCBr)c1. The predicted octanol–water partition coefficient (Wildman–Crippen LogP) is 4.61. The van der Waals surface area contributed by atoms with Gasteiger partial charge >= 0.3 is 0 Å². The van der Waals surface area contributed by atoms with E-state index in [4.69, 9.17) is 0 Å². The lowest BCUT2D eigenvalue weighted by Gasteiger charge is -2.05. The average molecular weight is 253 g/mol. The molecule has 0 spiro atoms. The topological polar surface area (TPSA) is 0 Å². The molecule has 1 aromatic rings. The van der Waals surface area contributed by atoms with Gasteiger partial charge in [-0.15, -0.1) is 0 Å². The second-order valence-electron chi connectivity index (χ2n) is 3.70. The van der Waals surface area contributed by atoms with Crippen molar-refractivity contribution in [2.45, 2.75) is 26.2 Å². The Balaban J connectivity index is 2.73. The number of alkyl halides is 1. The first-order chi connectivity index (χ1) is 6.74. The summed E-state index contributed by atoms with van der Waals surface area (Å²) < 4.78 is 0. The molecule has 0 fully saturated rings. The van der Waals surface area contributed by atoms with E-state index < -0.39 is 0 Å². The minimum atomic E-state index is 0.611. The Morgan fingerprint density at radius 3 is 2.79 bits per heavy atom. The molecular weight excluding hydrogens is 236 g/mol. The minimum absolute atomic E-state index is 0.611. The summed E-state index contributed by atoms with van der Waals surface area (Å²) in [5, 5.41) is 1.04. The third kappa shape index (κ3) is 3.67. The molecular formula is C13H17Br. The van der Waals surface area contributed by atoms with Crippen LogP contribution in [0.15, 0.2) is 30.3 Å². The number of rotatable bonds is 4. The number of hydrogen-bond donors (Lipinski definition) is 0. The molecule has 1 rings (SSSR count). The summed E-state index contributed by atoms with van der Waals surface area (Å²) in [7, 11) is 0. The van der Waals surface area contributed by atoms with Crippen LogP contribution in [0.5, 0.6) is 0 Å². The lowest BCUT2D eigenvalue weighted by atomic mass is 10.0. The third-order valence-electron chi connectivity index (χ3n) is 2.16. The van der Waals surface area contributed by atoms with E-state index in [0.29, 0.717) is 5.92 Å². The van der Waals surface area contributed by atoms with Crippen molar-refractivity contribution in [1.29, 1.82) is 0 Å². The summed E-state index contributed by atoms with van der Waals surface area (Å²) in [6.07, 6.45) is 5.48. The molecule has 14 heavy (non-hydrogen) atoms. The normalized spacial score (nSPS) is 11.4. The maximum absolute atomic E-state index is 3.41. The molecule has 0 aromatic heterocycles. The van der Waals surface area contributed by atoms with E-state index in [9.17, 15) is 0 Å². The van der Waals surface area contributed by atoms with Gasteiger partial charge in [0.15, 0.2) is 0 Å². The number of halogens is 1. The molecule has 0 bridgehead atoms. The largest absolute Gasteiger partial charge is 0.0925 e. The van der Waals surface area contributed by atoms with Crippen molar-refractivity contribution < 1.29 is 0 Å². The highest BCUT2D eigenvalue weighted by Crippen LogP contribution is 2.16. The van der Waals surface area contributed by atoms with Crippen molar-refractivity contribution in [3.8, 4) is 0 Å². The van der Waals surface area contributed by atoms with Gasteiger partial charge in [-0.1, -0.05) is 66.2 Å². The molecule has 0 amide bonds. The lowest BCUT2D eigenvalue weighted by molar-refractivity contribution is 0.866. The highest BCUT2D eigenvalue weighted by molar-refractivity contribution is 9.09. The van der Waals surface area contributed by atoms with Gasteiger partial charge in [0.25, 0.3) is 0 Å². The molecule has 0 radical (unpaired) electrons. The van der Waals surface area contributed by atoms with Gasteiger partial charge in [0.05, 0.1) is 0 Å². The average Bonchev–Trinajstić information content (AvgIpc) is 2.19. The van der Waals surface area contributed by atoms with Crippen LogP contribution in [0.1, 0.15) is 37.3 Å². The zero-order chi connectivity index (χ0) is 10.4. The number of hydrogen-bond acceptors (Lipinski definition) is 0. The van der Waals surface area contributed by atoms with E-state index in [1.54, 1.807) is 0 Å². The Bertz CT molecular complexity index is 300. The first kappa shape index (κ1) is 11.5. The molecule has 0 nitrogen and oxygen atoms in total. The van der Waals surface area contributed by atoms with Gasteiger partial charge in [0, 0.05) is 5.33 Å². The molecule has 0 saturated carbocycles. The summed E-state index contributed by atoms with van der Waals surface area (Å²) in [5.74, 6) is 0.611. The highest BCUT2D eigenvalue weighted by Gasteiger charge is 1.97. The van der Waals surface area contributed by atoms with Crippen LogP contribution < -0.4 is 0 Å². The lowest BCUT2D eigenvalue weighted by Crippen LogP contribution is -1.86. The van der Waals surface area contributed by atoms with Crippen molar-refractivity contribution in [2.75, 3.05) is 5.33 Å². The number of benzene rings is 1. The Morgan fingerprint density at radius 1 is 1.36 bits per heavy atom. The van der Waals surface area contributed by atoms with Crippen LogP contribution in [0.4, 0.5) is 0 Å². The van der Waals surface area contributed by atoms with Crippen LogP contribution in [0.3, 0.4) is 0 Å². The van der Waals surface area contributed by atoms with Crippen molar-refractivity contribution in [1.82, 2.24) is 0 Å². The Morgan fingerprint density at radius 2 is 2.14 bits per heavy atom. The van der Waals surface area contributed by atoms with E-state index in [1.165, 1.54) is 11.1 Å². The zero-order valence-corrected chi connectivity index (χ0v) is 10.4. The van der Waals surface area contributed by atoms with Crippen LogP contribution >= 0.6 is 15.9 Å². The van der Waals surface area contributed by atoms with E-state index in [0.717, 1.165) is 11.8 Å². The van der Waals surface area contributed by atoms with Gasteiger partial charge in [0.1, 0.15) is 0 Å². The fourth-order valence-corrected chi connectivity index (χ4v) is 1.57. The Kier molecular flexibility index (Phi) is 4.95. The van der Waals surface area contributed by atoms with Crippen LogP contribution in [-0.2, 0) is 0 Å². The molecule has 0 heterocycles. The van der Waals surface area contributed by atoms with Gasteiger partial charge in [-0.2, -0.15) is 0 Å². The molecule has 1 heteroatoms. The maximum atomic E-state index is 3.41. The fraction of sp³-hybridized carbons (Fsp3) is 0.385. The molecule has 0 atom stereocenters. The van der Waals surface area contributed by atoms with Gasteiger partial charge in [-0.25, -0.2) is 0 Å². The maximum Gasteiger partial charge on any atom is 0.00660 e. The number of allylic oxidation sites excluding steroid dienone is 1.